The van der Waals surface area contributed by atoms with E-state index >= 15 is 0 Å². The molecule has 2 rings (SSSR count). The van der Waals surface area contributed by atoms with Crippen molar-refractivity contribution in [2.24, 2.45) is 0 Å². The number of aromatic nitrogens is 3. The topological polar surface area (TPSA) is 73.9 Å². The van der Waals surface area contributed by atoms with E-state index in [4.69, 9.17) is 0 Å². The Labute approximate surface area is 86.3 Å². The number of H-pyrrole nitrogens is 1. The molecule has 1 heterocycles. The van der Waals surface area contributed by atoms with Gasteiger partial charge in [0.05, 0.1) is 5.69 Å². The number of carbonyl (C=O) groups excluding carboxylic acids is 1. The summed E-state index contributed by atoms with van der Waals surface area (Å²) < 4.78 is 0. The molecule has 78 valence electrons. The summed E-state index contributed by atoms with van der Waals surface area (Å²) in [5.74, 6) is 0. The molecule has 2 amide bonds. The molecule has 0 saturated heterocycles. The number of nitrogens with one attached hydrogen (secondary N) is 2. The van der Waals surface area contributed by atoms with Gasteiger partial charge in [0.15, 0.2) is 0 Å². The van der Waals surface area contributed by atoms with Crippen LogP contribution in [0.25, 0.3) is 11.0 Å². The number of para-hydroxylation sites is 1. The molecule has 15 heavy (non-hydrogen) atoms. The molecule has 0 fully saturated rings. The largest absolute Gasteiger partial charge is 0.331 e. The van der Waals surface area contributed by atoms with Crippen LogP contribution in [0.1, 0.15) is 0 Å². The van der Waals surface area contributed by atoms with Gasteiger partial charge in [0.25, 0.3) is 0 Å². The summed E-state index contributed by atoms with van der Waals surface area (Å²) in [5, 5.41) is 13.1. The zero-order chi connectivity index (χ0) is 10.8. The van der Waals surface area contributed by atoms with Crippen LogP contribution in [0.5, 0.6) is 0 Å². The normalized spacial score (nSPS) is 10.3. The molecule has 1 aromatic heterocycles. The van der Waals surface area contributed by atoms with Crippen molar-refractivity contribution in [1.82, 2.24) is 20.3 Å². The van der Waals surface area contributed by atoms with Gasteiger partial charge in [-0.1, -0.05) is 6.07 Å². The van der Waals surface area contributed by atoms with E-state index in [9.17, 15) is 4.79 Å². The highest BCUT2D eigenvalue weighted by molar-refractivity contribution is 5.98. The fraction of sp³-hybridized carbons (Fsp3) is 0.222. The van der Waals surface area contributed by atoms with Crippen molar-refractivity contribution < 1.29 is 4.79 Å². The second-order valence-corrected chi connectivity index (χ2v) is 3.32. The third kappa shape index (κ3) is 1.74. The Hall–Kier alpha value is -2.11. The predicted octanol–water partition coefficient (Wildman–Crippen LogP) is 1.05. The van der Waals surface area contributed by atoms with Gasteiger partial charge in [-0.2, -0.15) is 15.4 Å². The Kier molecular flexibility index (Phi) is 2.24. The zero-order valence-corrected chi connectivity index (χ0v) is 8.48. The first-order valence-corrected chi connectivity index (χ1v) is 4.46. The maximum atomic E-state index is 11.4. The molecule has 0 radical (unpaired) electrons. The summed E-state index contributed by atoms with van der Waals surface area (Å²) in [5.41, 5.74) is 2.04. The van der Waals surface area contributed by atoms with Gasteiger partial charge in [-0.05, 0) is 12.1 Å². The molecule has 1 aromatic carbocycles. The number of nitrogens with zero attached hydrogens (tertiary/aromatic N) is 3. The number of urea groups is 1. The van der Waals surface area contributed by atoms with Crippen LogP contribution in [0.15, 0.2) is 18.2 Å². The van der Waals surface area contributed by atoms with Gasteiger partial charge in [0, 0.05) is 14.1 Å². The van der Waals surface area contributed by atoms with Crippen molar-refractivity contribution in [3.05, 3.63) is 18.2 Å². The quantitative estimate of drug-likeness (QED) is 0.730. The van der Waals surface area contributed by atoms with Gasteiger partial charge in [0.2, 0.25) is 0 Å². The Morgan fingerprint density at radius 3 is 2.93 bits per heavy atom. The fourth-order valence-electron chi connectivity index (χ4n) is 1.20. The average Bonchev–Trinajstić information content (AvgIpc) is 2.66. The van der Waals surface area contributed by atoms with Crippen molar-refractivity contribution in [1.29, 1.82) is 0 Å². The lowest BCUT2D eigenvalue weighted by molar-refractivity contribution is 0.231. The molecule has 0 aliphatic carbocycles. The SMILES string of the molecule is CN(C)C(=O)Nc1cccc2n[nH]nc12. The van der Waals surface area contributed by atoms with Crippen molar-refractivity contribution >= 4 is 22.8 Å². The smallest absolute Gasteiger partial charge is 0.321 e. The highest BCUT2D eigenvalue weighted by Gasteiger charge is 2.08. The molecule has 2 aromatic rings. The minimum Gasteiger partial charge on any atom is -0.331 e. The van der Waals surface area contributed by atoms with Crippen LogP contribution in [0.2, 0.25) is 0 Å². The molecule has 0 spiro atoms. The van der Waals surface area contributed by atoms with E-state index in [1.54, 1.807) is 20.2 Å². The van der Waals surface area contributed by atoms with Gasteiger partial charge in [-0.25, -0.2) is 4.79 Å². The summed E-state index contributed by atoms with van der Waals surface area (Å²) in [6, 6.07) is 5.23. The van der Waals surface area contributed by atoms with E-state index in [-0.39, 0.29) is 6.03 Å². The van der Waals surface area contributed by atoms with Crippen LogP contribution in [-0.4, -0.2) is 40.4 Å². The Morgan fingerprint density at radius 1 is 1.40 bits per heavy atom. The lowest BCUT2D eigenvalue weighted by Gasteiger charge is -2.11. The lowest BCUT2D eigenvalue weighted by atomic mass is 10.2. The second-order valence-electron chi connectivity index (χ2n) is 3.32. The predicted molar refractivity (Wildman–Crippen MR) is 56.6 cm³/mol. The van der Waals surface area contributed by atoms with Crippen LogP contribution in [0.4, 0.5) is 10.5 Å². The number of aromatic amines is 1. The monoisotopic (exact) mass is 205 g/mol. The first kappa shape index (κ1) is 9.45. The summed E-state index contributed by atoms with van der Waals surface area (Å²) in [6.45, 7) is 0. The van der Waals surface area contributed by atoms with Gasteiger partial charge in [0.1, 0.15) is 11.0 Å². The fourth-order valence-corrected chi connectivity index (χ4v) is 1.20. The van der Waals surface area contributed by atoms with Gasteiger partial charge in [-0.15, -0.1) is 0 Å². The van der Waals surface area contributed by atoms with Crippen molar-refractivity contribution in [3.63, 3.8) is 0 Å². The van der Waals surface area contributed by atoms with Gasteiger partial charge in [-0.3, -0.25) is 0 Å². The minimum atomic E-state index is -0.189. The lowest BCUT2D eigenvalue weighted by Crippen LogP contribution is -2.27. The molecule has 0 saturated carbocycles. The van der Waals surface area contributed by atoms with Crippen LogP contribution < -0.4 is 5.32 Å². The average molecular weight is 205 g/mol. The Balaban J connectivity index is 2.35. The number of hydrogen-bond donors (Lipinski definition) is 2. The van der Waals surface area contributed by atoms with Crippen LogP contribution in [0, 0.1) is 0 Å². The third-order valence-electron chi connectivity index (χ3n) is 1.99. The van der Waals surface area contributed by atoms with Crippen LogP contribution in [0.3, 0.4) is 0 Å². The minimum absolute atomic E-state index is 0.189. The van der Waals surface area contributed by atoms with Crippen molar-refractivity contribution in [2.75, 3.05) is 19.4 Å². The molecule has 0 atom stereocenters. The highest BCUT2D eigenvalue weighted by atomic mass is 16.2. The first-order chi connectivity index (χ1) is 7.18. The molecule has 2 N–H and O–H groups in total. The van der Waals surface area contributed by atoms with E-state index in [2.05, 4.69) is 20.7 Å². The summed E-state index contributed by atoms with van der Waals surface area (Å²) >= 11 is 0. The maximum absolute atomic E-state index is 11.4. The van der Waals surface area contributed by atoms with E-state index in [1.807, 2.05) is 12.1 Å². The Morgan fingerprint density at radius 2 is 2.20 bits per heavy atom. The molecule has 6 nitrogen and oxygen atoms in total. The van der Waals surface area contributed by atoms with E-state index in [1.165, 1.54) is 4.90 Å². The van der Waals surface area contributed by atoms with Crippen LogP contribution >= 0.6 is 0 Å². The molecule has 0 aliphatic rings. The summed E-state index contributed by atoms with van der Waals surface area (Å²) in [4.78, 5) is 12.9. The first-order valence-electron chi connectivity index (χ1n) is 4.46. The van der Waals surface area contributed by atoms with E-state index in [0.29, 0.717) is 11.2 Å². The Bertz CT molecular complexity index is 490. The maximum Gasteiger partial charge on any atom is 0.321 e. The molecule has 0 aliphatic heterocycles. The number of benzene rings is 1. The molecular formula is C9H11N5O. The number of amides is 2. The second kappa shape index (κ2) is 3.56. The number of hydrogen-bond acceptors (Lipinski definition) is 3. The zero-order valence-electron chi connectivity index (χ0n) is 8.48. The standard InChI is InChI=1S/C9H11N5O/c1-14(2)9(15)10-6-4-3-5-7-8(6)12-13-11-7/h3-5H,1-2H3,(H,10,15)(H,11,12,13). The molecular weight excluding hydrogens is 194 g/mol. The van der Waals surface area contributed by atoms with Crippen LogP contribution in [-0.2, 0) is 0 Å². The number of anilines is 1. The number of rotatable bonds is 1. The molecule has 0 bridgehead atoms. The summed E-state index contributed by atoms with van der Waals surface area (Å²) in [7, 11) is 3.36. The van der Waals surface area contributed by atoms with Crippen molar-refractivity contribution in [3.8, 4) is 0 Å². The third-order valence-corrected chi connectivity index (χ3v) is 1.99. The summed E-state index contributed by atoms with van der Waals surface area (Å²) in [6.07, 6.45) is 0. The number of carbonyl (C=O) groups is 1. The van der Waals surface area contributed by atoms with Gasteiger partial charge >= 0.3 is 6.03 Å². The molecule has 6 heteroatoms. The van der Waals surface area contributed by atoms with E-state index < -0.39 is 0 Å². The van der Waals surface area contributed by atoms with Gasteiger partial charge < -0.3 is 10.2 Å². The van der Waals surface area contributed by atoms with E-state index in [0.717, 1.165) is 5.52 Å². The highest BCUT2D eigenvalue weighted by Crippen LogP contribution is 2.18. The van der Waals surface area contributed by atoms with Crippen molar-refractivity contribution in [2.45, 2.75) is 0 Å². The number of fused-ring (bicyclic) bond motifs is 1. The molecule has 0 unspecified atom stereocenters.